The van der Waals surface area contributed by atoms with Crippen molar-refractivity contribution in [3.63, 3.8) is 0 Å². The second-order valence-electron chi connectivity index (χ2n) is 5.81. The molecule has 114 valence electrons. The Morgan fingerprint density at radius 3 is 2.20 bits per heavy atom. The first-order valence-electron chi connectivity index (χ1n) is 7.55. The molecule has 20 heavy (non-hydrogen) atoms. The van der Waals surface area contributed by atoms with Crippen molar-refractivity contribution in [3.8, 4) is 0 Å². The molecule has 3 heteroatoms. The number of ether oxygens (including phenoxy) is 2. The maximum Gasteiger partial charge on any atom is 0.0718 e. The van der Waals surface area contributed by atoms with E-state index < -0.39 is 0 Å². The van der Waals surface area contributed by atoms with E-state index in [1.807, 2.05) is 13.8 Å². The molecule has 1 N–H and O–H groups in total. The molecule has 3 nitrogen and oxygen atoms in total. The van der Waals surface area contributed by atoms with Crippen molar-refractivity contribution in [3.05, 3.63) is 35.4 Å². The number of hydrogen-bond acceptors (Lipinski definition) is 3. The molecule has 0 fully saturated rings. The van der Waals surface area contributed by atoms with Crippen molar-refractivity contribution in [1.82, 2.24) is 5.32 Å². The van der Waals surface area contributed by atoms with E-state index in [1.165, 1.54) is 11.1 Å². The molecular formula is C17H29NO2. The van der Waals surface area contributed by atoms with Gasteiger partial charge in [-0.2, -0.15) is 0 Å². The van der Waals surface area contributed by atoms with E-state index in [9.17, 15) is 0 Å². The van der Waals surface area contributed by atoms with Gasteiger partial charge in [0.2, 0.25) is 0 Å². The summed E-state index contributed by atoms with van der Waals surface area (Å²) in [6.45, 7) is 12.5. The molecule has 0 bridgehead atoms. The molecule has 1 aromatic carbocycles. The summed E-state index contributed by atoms with van der Waals surface area (Å²) in [6.07, 6.45) is 0.274. The first kappa shape index (κ1) is 17.2. The second-order valence-corrected chi connectivity index (χ2v) is 5.81. The molecule has 0 aliphatic carbocycles. The van der Waals surface area contributed by atoms with Crippen LogP contribution < -0.4 is 5.32 Å². The van der Waals surface area contributed by atoms with Gasteiger partial charge in [-0.3, -0.25) is 0 Å². The SMILES string of the molecule is CC(C)CNCc1ccc(COCCOC(C)C)cc1. The van der Waals surface area contributed by atoms with Gasteiger partial charge in [-0.25, -0.2) is 0 Å². The molecule has 0 saturated heterocycles. The molecule has 0 radical (unpaired) electrons. The van der Waals surface area contributed by atoms with Crippen LogP contribution in [-0.2, 0) is 22.6 Å². The van der Waals surface area contributed by atoms with Crippen LogP contribution in [0.4, 0.5) is 0 Å². The van der Waals surface area contributed by atoms with Crippen molar-refractivity contribution in [2.75, 3.05) is 19.8 Å². The minimum Gasteiger partial charge on any atom is -0.376 e. The largest absolute Gasteiger partial charge is 0.376 e. The predicted molar refractivity (Wildman–Crippen MR) is 83.7 cm³/mol. The first-order chi connectivity index (χ1) is 9.58. The zero-order chi connectivity index (χ0) is 14.8. The van der Waals surface area contributed by atoms with E-state index in [0.717, 1.165) is 13.1 Å². The van der Waals surface area contributed by atoms with E-state index in [1.54, 1.807) is 0 Å². The number of benzene rings is 1. The summed E-state index contributed by atoms with van der Waals surface area (Å²) >= 11 is 0. The summed E-state index contributed by atoms with van der Waals surface area (Å²) in [5.41, 5.74) is 2.53. The molecule has 1 rings (SSSR count). The van der Waals surface area contributed by atoms with E-state index in [4.69, 9.17) is 9.47 Å². The average molecular weight is 279 g/mol. The molecule has 0 heterocycles. The fourth-order valence-electron chi connectivity index (χ4n) is 1.79. The quantitative estimate of drug-likeness (QED) is 0.666. The molecule has 1 aromatic rings. The van der Waals surface area contributed by atoms with Gasteiger partial charge in [0.05, 0.1) is 25.9 Å². The van der Waals surface area contributed by atoms with Crippen LogP contribution in [0, 0.1) is 5.92 Å². The van der Waals surface area contributed by atoms with Crippen LogP contribution in [-0.4, -0.2) is 25.9 Å². The number of hydrogen-bond donors (Lipinski definition) is 1. The normalized spacial score (nSPS) is 11.5. The van der Waals surface area contributed by atoms with Crippen molar-refractivity contribution in [2.45, 2.75) is 47.0 Å². The highest BCUT2D eigenvalue weighted by atomic mass is 16.5. The summed E-state index contributed by atoms with van der Waals surface area (Å²) in [4.78, 5) is 0. The fourth-order valence-corrected chi connectivity index (χ4v) is 1.79. The first-order valence-corrected chi connectivity index (χ1v) is 7.55. The van der Waals surface area contributed by atoms with Gasteiger partial charge in [-0.1, -0.05) is 38.1 Å². The lowest BCUT2D eigenvalue weighted by atomic mass is 10.1. The highest BCUT2D eigenvalue weighted by Crippen LogP contribution is 2.06. The van der Waals surface area contributed by atoms with Gasteiger partial charge in [0.1, 0.15) is 0 Å². The third kappa shape index (κ3) is 8.31. The Balaban J connectivity index is 2.18. The van der Waals surface area contributed by atoms with Crippen LogP contribution >= 0.6 is 0 Å². The molecule has 0 saturated carbocycles. The van der Waals surface area contributed by atoms with E-state index in [2.05, 4.69) is 43.4 Å². The van der Waals surface area contributed by atoms with Gasteiger partial charge in [0, 0.05) is 6.54 Å². The van der Waals surface area contributed by atoms with Crippen molar-refractivity contribution in [2.24, 2.45) is 5.92 Å². The standard InChI is InChI=1S/C17H29NO2/c1-14(2)11-18-12-16-5-7-17(8-6-16)13-19-9-10-20-15(3)4/h5-8,14-15,18H,9-13H2,1-4H3. The summed E-state index contributed by atoms with van der Waals surface area (Å²) in [6, 6.07) is 8.60. The Bertz CT molecular complexity index is 347. The molecule has 0 unspecified atom stereocenters. The van der Waals surface area contributed by atoms with Crippen molar-refractivity contribution >= 4 is 0 Å². The zero-order valence-electron chi connectivity index (χ0n) is 13.3. The van der Waals surface area contributed by atoms with Crippen LogP contribution in [0.1, 0.15) is 38.8 Å². The topological polar surface area (TPSA) is 30.5 Å². The van der Waals surface area contributed by atoms with Crippen LogP contribution in [0.2, 0.25) is 0 Å². The summed E-state index contributed by atoms with van der Waals surface area (Å²) < 4.78 is 11.0. The minimum absolute atomic E-state index is 0.274. The van der Waals surface area contributed by atoms with E-state index in [-0.39, 0.29) is 6.10 Å². The molecule has 0 atom stereocenters. The molecule has 0 spiro atoms. The van der Waals surface area contributed by atoms with Gasteiger partial charge in [-0.15, -0.1) is 0 Å². The van der Waals surface area contributed by atoms with Crippen molar-refractivity contribution in [1.29, 1.82) is 0 Å². The lowest BCUT2D eigenvalue weighted by Gasteiger charge is -2.09. The molecule has 0 aliphatic rings. The Morgan fingerprint density at radius 1 is 0.950 bits per heavy atom. The Labute approximate surface area is 123 Å². The second kappa shape index (κ2) is 9.92. The van der Waals surface area contributed by atoms with Gasteiger partial charge in [0.15, 0.2) is 0 Å². The molecule has 0 aliphatic heterocycles. The summed E-state index contributed by atoms with van der Waals surface area (Å²) in [7, 11) is 0. The lowest BCUT2D eigenvalue weighted by Crippen LogP contribution is -2.18. The highest BCUT2D eigenvalue weighted by molar-refractivity contribution is 5.21. The fraction of sp³-hybridized carbons (Fsp3) is 0.647. The van der Waals surface area contributed by atoms with E-state index >= 15 is 0 Å². The van der Waals surface area contributed by atoms with Crippen LogP contribution in [0.3, 0.4) is 0 Å². The highest BCUT2D eigenvalue weighted by Gasteiger charge is 1.98. The number of nitrogens with one attached hydrogen (secondary N) is 1. The van der Waals surface area contributed by atoms with E-state index in [0.29, 0.717) is 25.7 Å². The summed E-state index contributed by atoms with van der Waals surface area (Å²) in [5, 5.41) is 3.44. The average Bonchev–Trinajstić information content (AvgIpc) is 2.39. The monoisotopic (exact) mass is 279 g/mol. The smallest absolute Gasteiger partial charge is 0.0718 e. The Hall–Kier alpha value is -0.900. The summed E-state index contributed by atoms with van der Waals surface area (Å²) in [5.74, 6) is 0.690. The Kier molecular flexibility index (Phi) is 8.51. The molecular weight excluding hydrogens is 250 g/mol. The van der Waals surface area contributed by atoms with Gasteiger partial charge >= 0.3 is 0 Å². The maximum absolute atomic E-state index is 5.58. The van der Waals surface area contributed by atoms with Gasteiger partial charge in [-0.05, 0) is 37.4 Å². The third-order valence-electron chi connectivity index (χ3n) is 2.85. The van der Waals surface area contributed by atoms with Gasteiger partial charge in [0.25, 0.3) is 0 Å². The predicted octanol–water partition coefficient (Wildman–Crippen LogP) is 3.37. The minimum atomic E-state index is 0.274. The van der Waals surface area contributed by atoms with Gasteiger partial charge < -0.3 is 14.8 Å². The third-order valence-corrected chi connectivity index (χ3v) is 2.85. The number of rotatable bonds is 10. The van der Waals surface area contributed by atoms with Crippen LogP contribution in [0.25, 0.3) is 0 Å². The van der Waals surface area contributed by atoms with Crippen molar-refractivity contribution < 1.29 is 9.47 Å². The molecule has 0 aromatic heterocycles. The maximum atomic E-state index is 5.58. The van der Waals surface area contributed by atoms with Crippen LogP contribution in [0.15, 0.2) is 24.3 Å². The van der Waals surface area contributed by atoms with Crippen LogP contribution in [0.5, 0.6) is 0 Å². The Morgan fingerprint density at radius 2 is 1.60 bits per heavy atom. The molecule has 0 amide bonds. The zero-order valence-corrected chi connectivity index (χ0v) is 13.3. The lowest BCUT2D eigenvalue weighted by molar-refractivity contribution is 0.0143.